The van der Waals surface area contributed by atoms with Gasteiger partial charge in [0.2, 0.25) is 5.88 Å². The standard InChI is InChI=1S/C13H9N3O3/c1-9-2-3-11(16(17)18)7-12(9)19-13-6-10(8-14)4-5-15-13/h2-7H,1H3. The van der Waals surface area contributed by atoms with E-state index in [0.29, 0.717) is 11.3 Å². The fraction of sp³-hybridized carbons (Fsp3) is 0.0769. The van der Waals surface area contributed by atoms with E-state index in [4.69, 9.17) is 10.00 Å². The number of hydrogen-bond acceptors (Lipinski definition) is 5. The predicted molar refractivity (Wildman–Crippen MR) is 66.9 cm³/mol. The van der Waals surface area contributed by atoms with Crippen molar-refractivity contribution in [2.45, 2.75) is 6.92 Å². The molecule has 0 aliphatic carbocycles. The summed E-state index contributed by atoms with van der Waals surface area (Å²) in [6, 6.07) is 9.32. The summed E-state index contributed by atoms with van der Waals surface area (Å²) in [6.45, 7) is 1.77. The Balaban J connectivity index is 2.34. The van der Waals surface area contributed by atoms with Crippen molar-refractivity contribution in [3.05, 3.63) is 57.8 Å². The average Bonchev–Trinajstić information content (AvgIpc) is 2.41. The van der Waals surface area contributed by atoms with Gasteiger partial charge in [-0.15, -0.1) is 0 Å². The minimum absolute atomic E-state index is 0.0583. The molecule has 0 amide bonds. The minimum atomic E-state index is -0.495. The van der Waals surface area contributed by atoms with Crippen LogP contribution in [0.3, 0.4) is 0 Å². The number of nitro benzene ring substituents is 1. The molecule has 2 aromatic rings. The van der Waals surface area contributed by atoms with Gasteiger partial charge >= 0.3 is 0 Å². The number of nitrogens with zero attached hydrogens (tertiary/aromatic N) is 3. The first-order chi connectivity index (χ1) is 9.10. The van der Waals surface area contributed by atoms with E-state index in [2.05, 4.69) is 4.98 Å². The zero-order valence-corrected chi connectivity index (χ0v) is 10.0. The van der Waals surface area contributed by atoms with Gasteiger partial charge in [-0.05, 0) is 24.6 Å². The molecule has 0 atom stereocenters. The smallest absolute Gasteiger partial charge is 0.273 e. The first-order valence-corrected chi connectivity index (χ1v) is 5.39. The van der Waals surface area contributed by atoms with Gasteiger partial charge in [0.05, 0.1) is 22.6 Å². The zero-order valence-electron chi connectivity index (χ0n) is 10.0. The SMILES string of the molecule is Cc1ccc([N+](=O)[O-])cc1Oc1cc(C#N)ccn1. The quantitative estimate of drug-likeness (QED) is 0.621. The lowest BCUT2D eigenvalue weighted by molar-refractivity contribution is -0.384. The number of hydrogen-bond donors (Lipinski definition) is 0. The number of nitro groups is 1. The molecule has 0 saturated carbocycles. The van der Waals surface area contributed by atoms with Crippen LogP contribution in [0.4, 0.5) is 5.69 Å². The van der Waals surface area contributed by atoms with Gasteiger partial charge in [0.15, 0.2) is 0 Å². The van der Waals surface area contributed by atoms with Crippen molar-refractivity contribution in [3.8, 4) is 17.7 Å². The monoisotopic (exact) mass is 255 g/mol. The molecule has 0 N–H and O–H groups in total. The van der Waals surface area contributed by atoms with E-state index in [1.807, 2.05) is 6.07 Å². The van der Waals surface area contributed by atoms with Crippen molar-refractivity contribution >= 4 is 5.69 Å². The largest absolute Gasteiger partial charge is 0.438 e. The Kier molecular flexibility index (Phi) is 3.39. The molecule has 2 rings (SSSR count). The number of ether oxygens (including phenoxy) is 1. The zero-order chi connectivity index (χ0) is 13.8. The maximum absolute atomic E-state index is 10.7. The normalized spacial score (nSPS) is 9.68. The molecule has 0 aliphatic heterocycles. The van der Waals surface area contributed by atoms with Crippen molar-refractivity contribution in [1.82, 2.24) is 4.98 Å². The van der Waals surface area contributed by atoms with Gasteiger partial charge in [-0.3, -0.25) is 10.1 Å². The summed E-state index contributed by atoms with van der Waals surface area (Å²) < 4.78 is 5.48. The predicted octanol–water partition coefficient (Wildman–Crippen LogP) is 2.96. The molecule has 1 heterocycles. The van der Waals surface area contributed by atoms with Crippen LogP contribution in [0, 0.1) is 28.4 Å². The van der Waals surface area contributed by atoms with E-state index in [-0.39, 0.29) is 11.6 Å². The van der Waals surface area contributed by atoms with Gasteiger partial charge in [-0.25, -0.2) is 4.98 Å². The van der Waals surface area contributed by atoms with Gasteiger partial charge in [-0.1, -0.05) is 0 Å². The second-order valence-electron chi connectivity index (χ2n) is 3.80. The van der Waals surface area contributed by atoms with Crippen LogP contribution >= 0.6 is 0 Å². The highest BCUT2D eigenvalue weighted by atomic mass is 16.6. The van der Waals surface area contributed by atoms with Crippen LogP contribution in [0.5, 0.6) is 11.6 Å². The molecule has 94 valence electrons. The van der Waals surface area contributed by atoms with Crippen LogP contribution in [0.2, 0.25) is 0 Å². The first kappa shape index (κ1) is 12.5. The van der Waals surface area contributed by atoms with Gasteiger partial charge in [0.25, 0.3) is 5.69 Å². The molecule has 0 unspecified atom stereocenters. The highest BCUT2D eigenvalue weighted by molar-refractivity contribution is 5.45. The number of non-ortho nitro benzene ring substituents is 1. The molecular weight excluding hydrogens is 246 g/mol. The molecule has 0 fully saturated rings. The number of benzene rings is 1. The summed E-state index contributed by atoms with van der Waals surface area (Å²) >= 11 is 0. The number of aryl methyl sites for hydroxylation is 1. The van der Waals surface area contributed by atoms with Crippen LogP contribution in [0.25, 0.3) is 0 Å². The molecule has 1 aromatic carbocycles. The lowest BCUT2D eigenvalue weighted by atomic mass is 10.2. The summed E-state index contributed by atoms with van der Waals surface area (Å²) in [4.78, 5) is 14.2. The molecule has 0 spiro atoms. The molecule has 19 heavy (non-hydrogen) atoms. The van der Waals surface area contributed by atoms with Crippen molar-refractivity contribution in [3.63, 3.8) is 0 Å². The Labute approximate surface area is 109 Å². The number of aromatic nitrogens is 1. The van der Waals surface area contributed by atoms with E-state index in [9.17, 15) is 10.1 Å². The molecule has 0 aliphatic rings. The fourth-order valence-corrected chi connectivity index (χ4v) is 1.46. The number of pyridine rings is 1. The fourth-order valence-electron chi connectivity index (χ4n) is 1.46. The Morgan fingerprint density at radius 1 is 1.37 bits per heavy atom. The first-order valence-electron chi connectivity index (χ1n) is 5.39. The Hall–Kier alpha value is -2.94. The van der Waals surface area contributed by atoms with Crippen LogP contribution in [-0.4, -0.2) is 9.91 Å². The third kappa shape index (κ3) is 2.84. The van der Waals surface area contributed by atoms with Crippen molar-refractivity contribution in [1.29, 1.82) is 5.26 Å². The molecule has 6 nitrogen and oxygen atoms in total. The van der Waals surface area contributed by atoms with Crippen LogP contribution in [0.15, 0.2) is 36.5 Å². The molecular formula is C13H9N3O3. The van der Waals surface area contributed by atoms with Crippen LogP contribution in [-0.2, 0) is 0 Å². The summed E-state index contributed by atoms with van der Waals surface area (Å²) in [6.07, 6.45) is 1.45. The third-order valence-electron chi connectivity index (χ3n) is 2.46. The van der Waals surface area contributed by atoms with Gasteiger partial charge in [-0.2, -0.15) is 5.26 Å². The molecule has 0 radical (unpaired) electrons. The van der Waals surface area contributed by atoms with E-state index >= 15 is 0 Å². The molecule has 1 aromatic heterocycles. The lowest BCUT2D eigenvalue weighted by Crippen LogP contribution is -1.93. The van der Waals surface area contributed by atoms with Crippen molar-refractivity contribution in [2.24, 2.45) is 0 Å². The van der Waals surface area contributed by atoms with Crippen LogP contribution < -0.4 is 4.74 Å². The Bertz CT molecular complexity index is 677. The summed E-state index contributed by atoms with van der Waals surface area (Å²) in [7, 11) is 0. The van der Waals surface area contributed by atoms with Gasteiger partial charge in [0.1, 0.15) is 5.75 Å². The van der Waals surface area contributed by atoms with E-state index in [1.54, 1.807) is 19.1 Å². The van der Waals surface area contributed by atoms with E-state index < -0.39 is 4.92 Å². The highest BCUT2D eigenvalue weighted by Gasteiger charge is 2.11. The minimum Gasteiger partial charge on any atom is -0.438 e. The van der Waals surface area contributed by atoms with Crippen LogP contribution in [0.1, 0.15) is 11.1 Å². The maximum Gasteiger partial charge on any atom is 0.273 e. The maximum atomic E-state index is 10.7. The topological polar surface area (TPSA) is 89.0 Å². The second-order valence-corrected chi connectivity index (χ2v) is 3.80. The summed E-state index contributed by atoms with van der Waals surface area (Å²) in [5.41, 5.74) is 1.10. The van der Waals surface area contributed by atoms with E-state index in [0.717, 1.165) is 5.56 Å². The van der Waals surface area contributed by atoms with Gasteiger partial charge < -0.3 is 4.74 Å². The second kappa shape index (κ2) is 5.14. The number of rotatable bonds is 3. The van der Waals surface area contributed by atoms with Gasteiger partial charge in [0, 0.05) is 18.3 Å². The summed E-state index contributed by atoms with van der Waals surface area (Å²) in [5, 5.41) is 19.5. The Morgan fingerprint density at radius 3 is 2.84 bits per heavy atom. The third-order valence-corrected chi connectivity index (χ3v) is 2.46. The Morgan fingerprint density at radius 2 is 2.16 bits per heavy atom. The molecule has 0 bridgehead atoms. The highest BCUT2D eigenvalue weighted by Crippen LogP contribution is 2.28. The molecule has 6 heteroatoms. The van der Waals surface area contributed by atoms with Crippen molar-refractivity contribution < 1.29 is 9.66 Å². The van der Waals surface area contributed by atoms with Crippen molar-refractivity contribution in [2.75, 3.05) is 0 Å². The molecule has 0 saturated heterocycles. The van der Waals surface area contributed by atoms with E-state index in [1.165, 1.54) is 24.4 Å². The lowest BCUT2D eigenvalue weighted by Gasteiger charge is -2.07. The summed E-state index contributed by atoms with van der Waals surface area (Å²) in [5.74, 6) is 0.569. The average molecular weight is 255 g/mol. The number of nitriles is 1.